The molecule has 2 unspecified atom stereocenters. The fourth-order valence-corrected chi connectivity index (χ4v) is 4.31. The highest BCUT2D eigenvalue weighted by Gasteiger charge is 2.28. The first-order chi connectivity index (χ1) is 9.56. The van der Waals surface area contributed by atoms with Crippen molar-refractivity contribution in [2.45, 2.75) is 62.7 Å². The molecule has 2 N–H and O–H groups in total. The molecule has 2 aliphatic heterocycles. The van der Waals surface area contributed by atoms with Gasteiger partial charge in [0.15, 0.2) is 5.03 Å². The number of aryl methyl sites for hydroxylation is 2. The third kappa shape index (κ3) is 2.75. The Morgan fingerprint density at radius 1 is 1.40 bits per heavy atom. The van der Waals surface area contributed by atoms with Crippen LogP contribution in [0.5, 0.6) is 0 Å². The number of sulfonamides is 1. The summed E-state index contributed by atoms with van der Waals surface area (Å²) in [7, 11) is -3.51. The van der Waals surface area contributed by atoms with E-state index >= 15 is 0 Å². The molecule has 0 aliphatic carbocycles. The van der Waals surface area contributed by atoms with E-state index in [1.165, 1.54) is 0 Å². The van der Waals surface area contributed by atoms with Crippen molar-refractivity contribution in [2.24, 2.45) is 0 Å². The molecule has 0 saturated carbocycles. The van der Waals surface area contributed by atoms with E-state index in [4.69, 9.17) is 0 Å². The summed E-state index contributed by atoms with van der Waals surface area (Å²) in [5.41, 5.74) is 0. The number of aromatic nitrogens is 2. The van der Waals surface area contributed by atoms with Crippen molar-refractivity contribution < 1.29 is 8.42 Å². The van der Waals surface area contributed by atoms with Gasteiger partial charge in [-0.15, -0.1) is 0 Å². The normalized spacial score (nSPS) is 27.2. The van der Waals surface area contributed by atoms with Crippen molar-refractivity contribution in [3.63, 3.8) is 0 Å². The van der Waals surface area contributed by atoms with Gasteiger partial charge in [-0.2, -0.15) is 0 Å². The van der Waals surface area contributed by atoms with Crippen LogP contribution in [0.3, 0.4) is 0 Å². The van der Waals surface area contributed by atoms with Crippen LogP contribution in [-0.2, 0) is 23.0 Å². The van der Waals surface area contributed by atoms with Crippen LogP contribution in [0, 0.1) is 0 Å². The van der Waals surface area contributed by atoms with Crippen molar-refractivity contribution in [2.75, 3.05) is 6.54 Å². The average molecular weight is 298 g/mol. The molecule has 0 radical (unpaired) electrons. The number of piperidine rings is 1. The molecule has 1 saturated heterocycles. The summed E-state index contributed by atoms with van der Waals surface area (Å²) < 4.78 is 29.7. The lowest BCUT2D eigenvalue weighted by Gasteiger charge is -2.30. The van der Waals surface area contributed by atoms with E-state index in [0.29, 0.717) is 0 Å². The number of hydrogen-bond donors (Lipinski definition) is 2. The fraction of sp³-hybridized carbons (Fsp3) is 0.769. The summed E-state index contributed by atoms with van der Waals surface area (Å²) in [4.78, 5) is 4.31. The highest BCUT2D eigenvalue weighted by Crippen LogP contribution is 2.18. The number of nitrogens with one attached hydrogen (secondary N) is 2. The molecule has 20 heavy (non-hydrogen) atoms. The van der Waals surface area contributed by atoms with E-state index in [9.17, 15) is 8.42 Å². The molecule has 6 nitrogen and oxygen atoms in total. The Morgan fingerprint density at radius 2 is 2.25 bits per heavy atom. The van der Waals surface area contributed by atoms with E-state index in [1.54, 1.807) is 6.20 Å². The monoisotopic (exact) mass is 298 g/mol. The van der Waals surface area contributed by atoms with Gasteiger partial charge < -0.3 is 9.88 Å². The minimum atomic E-state index is -3.51. The minimum Gasteiger partial charge on any atom is -0.333 e. The first-order valence-electron chi connectivity index (χ1n) is 7.38. The van der Waals surface area contributed by atoms with E-state index in [2.05, 4.69) is 15.0 Å². The standard InChI is InChI=1S/C13H22N4O2S/c1-10-11(5-4-7-14-10)16-20(18,19)13-9-17-8-3-2-6-12(17)15-13/h9-11,14,16H,2-8H2,1H3. The Balaban J connectivity index is 1.79. The number of hydrogen-bond acceptors (Lipinski definition) is 4. The van der Waals surface area contributed by atoms with Crippen LogP contribution in [0.15, 0.2) is 11.2 Å². The van der Waals surface area contributed by atoms with Crippen molar-refractivity contribution in [1.82, 2.24) is 19.6 Å². The Morgan fingerprint density at radius 3 is 3.00 bits per heavy atom. The van der Waals surface area contributed by atoms with Crippen LogP contribution in [0.4, 0.5) is 0 Å². The molecule has 2 atom stereocenters. The zero-order chi connectivity index (χ0) is 14.2. The van der Waals surface area contributed by atoms with E-state index in [0.717, 1.165) is 51.0 Å². The second-order valence-electron chi connectivity index (χ2n) is 5.76. The zero-order valence-electron chi connectivity index (χ0n) is 11.8. The SMILES string of the molecule is CC1NCCCC1NS(=O)(=O)c1cn2c(n1)CCCC2. The molecule has 3 rings (SSSR count). The fourth-order valence-electron chi connectivity index (χ4n) is 2.98. The Kier molecular flexibility index (Phi) is 3.83. The van der Waals surface area contributed by atoms with Gasteiger partial charge in [0.2, 0.25) is 0 Å². The molecular formula is C13H22N4O2S. The topological polar surface area (TPSA) is 76.0 Å². The predicted octanol–water partition coefficient (Wildman–Crippen LogP) is 0.638. The van der Waals surface area contributed by atoms with Crippen molar-refractivity contribution >= 4 is 10.0 Å². The molecule has 112 valence electrons. The minimum absolute atomic E-state index is 0.0486. The van der Waals surface area contributed by atoms with Gasteiger partial charge in [0.05, 0.1) is 0 Å². The second kappa shape index (κ2) is 5.46. The van der Waals surface area contributed by atoms with Gasteiger partial charge in [0, 0.05) is 31.2 Å². The predicted molar refractivity (Wildman–Crippen MR) is 76.0 cm³/mol. The molecule has 1 aromatic heterocycles. The first kappa shape index (κ1) is 14.0. The summed E-state index contributed by atoms with van der Waals surface area (Å²) in [6, 6.07) is 0.114. The average Bonchev–Trinajstić information content (AvgIpc) is 2.86. The number of imidazole rings is 1. The van der Waals surface area contributed by atoms with Crippen molar-refractivity contribution in [3.8, 4) is 0 Å². The molecule has 0 aromatic carbocycles. The van der Waals surface area contributed by atoms with Crippen LogP contribution < -0.4 is 10.0 Å². The lowest BCUT2D eigenvalue weighted by Crippen LogP contribution is -2.51. The third-order valence-electron chi connectivity index (χ3n) is 4.23. The molecule has 2 aliphatic rings. The molecule has 3 heterocycles. The van der Waals surface area contributed by atoms with Crippen LogP contribution in [0.25, 0.3) is 0 Å². The first-order valence-corrected chi connectivity index (χ1v) is 8.86. The lowest BCUT2D eigenvalue weighted by molar-refractivity contribution is 0.348. The van der Waals surface area contributed by atoms with Gasteiger partial charge in [-0.1, -0.05) is 0 Å². The van der Waals surface area contributed by atoms with Crippen LogP contribution in [0.1, 0.15) is 38.4 Å². The van der Waals surface area contributed by atoms with E-state index < -0.39 is 10.0 Å². The van der Waals surface area contributed by atoms with Crippen molar-refractivity contribution in [3.05, 3.63) is 12.0 Å². The Hall–Kier alpha value is -0.920. The quantitative estimate of drug-likeness (QED) is 0.858. The zero-order valence-corrected chi connectivity index (χ0v) is 12.6. The Labute approximate surface area is 120 Å². The maximum absolute atomic E-state index is 12.4. The maximum Gasteiger partial charge on any atom is 0.259 e. The summed E-state index contributed by atoms with van der Waals surface area (Å²) >= 11 is 0. The maximum atomic E-state index is 12.4. The van der Waals surface area contributed by atoms with Gasteiger partial charge in [-0.3, -0.25) is 0 Å². The van der Waals surface area contributed by atoms with Gasteiger partial charge in [0.25, 0.3) is 10.0 Å². The molecular weight excluding hydrogens is 276 g/mol. The summed E-state index contributed by atoms with van der Waals surface area (Å²) in [6.45, 7) is 3.85. The highest BCUT2D eigenvalue weighted by molar-refractivity contribution is 7.89. The number of rotatable bonds is 3. The van der Waals surface area contributed by atoms with Crippen LogP contribution >= 0.6 is 0 Å². The van der Waals surface area contributed by atoms with E-state index in [-0.39, 0.29) is 17.1 Å². The lowest BCUT2D eigenvalue weighted by atomic mass is 10.0. The van der Waals surface area contributed by atoms with Gasteiger partial charge in [0.1, 0.15) is 5.82 Å². The number of fused-ring (bicyclic) bond motifs is 1. The van der Waals surface area contributed by atoms with Crippen LogP contribution in [0.2, 0.25) is 0 Å². The largest absolute Gasteiger partial charge is 0.333 e. The van der Waals surface area contributed by atoms with Gasteiger partial charge in [-0.25, -0.2) is 18.1 Å². The van der Waals surface area contributed by atoms with E-state index in [1.807, 2.05) is 11.5 Å². The smallest absolute Gasteiger partial charge is 0.259 e. The highest BCUT2D eigenvalue weighted by atomic mass is 32.2. The Bertz CT molecular complexity index is 558. The third-order valence-corrected chi connectivity index (χ3v) is 5.59. The van der Waals surface area contributed by atoms with Crippen molar-refractivity contribution in [1.29, 1.82) is 0 Å². The number of nitrogens with zero attached hydrogens (tertiary/aromatic N) is 2. The summed E-state index contributed by atoms with van der Waals surface area (Å²) in [5.74, 6) is 0.895. The molecule has 7 heteroatoms. The molecule has 1 fully saturated rings. The summed E-state index contributed by atoms with van der Waals surface area (Å²) in [6.07, 6.45) is 6.61. The second-order valence-corrected chi connectivity index (χ2v) is 7.42. The van der Waals surface area contributed by atoms with Gasteiger partial charge >= 0.3 is 0 Å². The molecule has 1 aromatic rings. The molecule has 0 spiro atoms. The molecule has 0 bridgehead atoms. The van der Waals surface area contributed by atoms with Gasteiger partial charge in [-0.05, 0) is 39.2 Å². The summed E-state index contributed by atoms with van der Waals surface area (Å²) in [5, 5.41) is 3.48. The molecule has 0 amide bonds. The van der Waals surface area contributed by atoms with Crippen LogP contribution in [-0.4, -0.2) is 36.6 Å².